The van der Waals surface area contributed by atoms with Gasteiger partial charge >= 0.3 is 0 Å². The number of hydrogen-bond donors (Lipinski definition) is 2. The summed E-state index contributed by atoms with van der Waals surface area (Å²) >= 11 is 0. The summed E-state index contributed by atoms with van der Waals surface area (Å²) in [5.74, 6) is 0.00295. The van der Waals surface area contributed by atoms with E-state index in [4.69, 9.17) is 0 Å². The Kier molecular flexibility index (Phi) is 3.56. The number of anilines is 1. The van der Waals surface area contributed by atoms with Crippen LogP contribution in [0.15, 0.2) is 30.6 Å². The maximum Gasteiger partial charge on any atom is 0.227 e. The highest BCUT2D eigenvalue weighted by Gasteiger charge is 2.26. The van der Waals surface area contributed by atoms with Gasteiger partial charge in [-0.3, -0.25) is 9.59 Å². The quantitative estimate of drug-likeness (QED) is 0.849. The van der Waals surface area contributed by atoms with Gasteiger partial charge in [0, 0.05) is 29.3 Å². The number of benzene rings is 1. The lowest BCUT2D eigenvalue weighted by Gasteiger charge is -2.20. The molecule has 21 heavy (non-hydrogen) atoms. The highest BCUT2D eigenvalue weighted by molar-refractivity contribution is 5.96. The zero-order chi connectivity index (χ0) is 14.8. The van der Waals surface area contributed by atoms with E-state index in [1.165, 1.54) is 6.92 Å². The lowest BCUT2D eigenvalue weighted by molar-refractivity contribution is -0.120. The number of imidazole rings is 1. The fraction of sp³-hybridized carbons (Fsp3) is 0.312. The summed E-state index contributed by atoms with van der Waals surface area (Å²) in [5, 5.41) is 2.92. The van der Waals surface area contributed by atoms with Gasteiger partial charge in [0.25, 0.3) is 0 Å². The third kappa shape index (κ3) is 2.86. The first-order chi connectivity index (χ1) is 10.1. The highest BCUT2D eigenvalue weighted by atomic mass is 16.2. The first kappa shape index (κ1) is 13.5. The molecule has 1 heterocycles. The van der Waals surface area contributed by atoms with Gasteiger partial charge in [-0.05, 0) is 44.0 Å². The van der Waals surface area contributed by atoms with Crippen LogP contribution < -0.4 is 5.32 Å². The van der Waals surface area contributed by atoms with Crippen molar-refractivity contribution in [3.63, 3.8) is 0 Å². The molecule has 0 saturated heterocycles. The number of rotatable bonds is 3. The molecule has 1 aliphatic carbocycles. The van der Waals surface area contributed by atoms with Crippen molar-refractivity contribution in [1.29, 1.82) is 0 Å². The van der Waals surface area contributed by atoms with Crippen molar-refractivity contribution >= 4 is 17.4 Å². The second kappa shape index (κ2) is 5.52. The number of aromatic amines is 1. The number of nitrogens with one attached hydrogen (secondary N) is 2. The molecule has 1 amide bonds. The third-order valence-electron chi connectivity index (χ3n) is 3.92. The van der Waals surface area contributed by atoms with Crippen molar-refractivity contribution in [2.75, 3.05) is 5.32 Å². The number of hydrogen-bond acceptors (Lipinski definition) is 3. The van der Waals surface area contributed by atoms with Crippen LogP contribution in [0.2, 0.25) is 0 Å². The maximum absolute atomic E-state index is 12.3. The Morgan fingerprint density at radius 1 is 1.29 bits per heavy atom. The predicted octanol–water partition coefficient (Wildman–Crippen LogP) is 2.36. The molecular formula is C16H17N3O2. The van der Waals surface area contributed by atoms with Crippen LogP contribution in [-0.4, -0.2) is 21.7 Å². The fourth-order valence-electron chi connectivity index (χ4n) is 2.66. The highest BCUT2D eigenvalue weighted by Crippen LogP contribution is 2.24. The van der Waals surface area contributed by atoms with E-state index in [1.54, 1.807) is 30.6 Å². The molecule has 5 heteroatoms. The van der Waals surface area contributed by atoms with Crippen molar-refractivity contribution in [3.8, 4) is 0 Å². The zero-order valence-electron chi connectivity index (χ0n) is 11.8. The molecule has 0 bridgehead atoms. The molecule has 5 nitrogen and oxygen atoms in total. The van der Waals surface area contributed by atoms with Gasteiger partial charge in [-0.1, -0.05) is 0 Å². The minimum Gasteiger partial charge on any atom is -0.348 e. The lowest BCUT2D eigenvalue weighted by Crippen LogP contribution is -2.28. The number of nitrogens with zero attached hydrogens (tertiary/aromatic N) is 1. The Bertz CT molecular complexity index is 673. The van der Waals surface area contributed by atoms with E-state index in [0.717, 1.165) is 29.9 Å². The molecular weight excluding hydrogens is 266 g/mol. The first-order valence-electron chi connectivity index (χ1n) is 7.06. The van der Waals surface area contributed by atoms with E-state index < -0.39 is 0 Å². The Morgan fingerprint density at radius 3 is 2.76 bits per heavy atom. The monoisotopic (exact) mass is 283 g/mol. The van der Waals surface area contributed by atoms with Crippen LogP contribution in [0.25, 0.3) is 0 Å². The molecule has 0 radical (unpaired) electrons. The van der Waals surface area contributed by atoms with E-state index in [-0.39, 0.29) is 17.6 Å². The minimum atomic E-state index is -0.0366. The van der Waals surface area contributed by atoms with Crippen LogP contribution in [0, 0.1) is 5.92 Å². The Labute approximate surface area is 122 Å². The molecule has 2 N–H and O–H groups in total. The number of fused-ring (bicyclic) bond motifs is 1. The van der Waals surface area contributed by atoms with Crippen LogP contribution >= 0.6 is 0 Å². The van der Waals surface area contributed by atoms with Crippen LogP contribution in [0.1, 0.15) is 35.1 Å². The normalized spacial score (nSPS) is 17.1. The van der Waals surface area contributed by atoms with Crippen LogP contribution in [-0.2, 0) is 17.6 Å². The molecule has 2 aromatic rings. The standard InChI is InChI=1S/C16H17N3O2/c1-10(20)11-2-5-13(6-3-11)19-16(21)12-4-7-14-15(8-12)18-9-17-14/h2-3,5-6,9,12H,4,7-8H2,1H3,(H,17,18)(H,19,21). The van der Waals surface area contributed by atoms with Gasteiger partial charge in [0.1, 0.15) is 0 Å². The molecule has 3 rings (SSSR count). The maximum atomic E-state index is 12.3. The van der Waals surface area contributed by atoms with Gasteiger partial charge in [0.15, 0.2) is 5.78 Å². The molecule has 1 aromatic carbocycles. The Balaban J connectivity index is 1.65. The second-order valence-electron chi connectivity index (χ2n) is 5.39. The molecule has 0 fully saturated rings. The summed E-state index contributed by atoms with van der Waals surface area (Å²) in [4.78, 5) is 30.9. The third-order valence-corrected chi connectivity index (χ3v) is 3.92. The molecule has 0 aliphatic heterocycles. The summed E-state index contributed by atoms with van der Waals surface area (Å²) < 4.78 is 0. The molecule has 1 unspecified atom stereocenters. The van der Waals surface area contributed by atoms with Gasteiger partial charge in [-0.2, -0.15) is 0 Å². The van der Waals surface area contributed by atoms with Crippen LogP contribution in [0.4, 0.5) is 5.69 Å². The fourth-order valence-corrected chi connectivity index (χ4v) is 2.66. The number of carbonyl (C=O) groups is 2. The molecule has 0 spiro atoms. The summed E-state index contributed by atoms with van der Waals surface area (Å²) in [6, 6.07) is 6.98. The Hall–Kier alpha value is -2.43. The van der Waals surface area contributed by atoms with Crippen molar-refractivity contribution in [2.45, 2.75) is 26.2 Å². The van der Waals surface area contributed by atoms with Crippen molar-refractivity contribution in [2.24, 2.45) is 5.92 Å². The number of carbonyl (C=O) groups excluding carboxylic acids is 2. The number of aromatic nitrogens is 2. The summed E-state index contributed by atoms with van der Waals surface area (Å²) in [6.07, 6.45) is 4.04. The van der Waals surface area contributed by atoms with Crippen LogP contribution in [0.5, 0.6) is 0 Å². The van der Waals surface area contributed by atoms with Crippen molar-refractivity contribution in [3.05, 3.63) is 47.5 Å². The van der Waals surface area contributed by atoms with Gasteiger partial charge in [0.05, 0.1) is 12.0 Å². The van der Waals surface area contributed by atoms with Crippen molar-refractivity contribution in [1.82, 2.24) is 9.97 Å². The van der Waals surface area contributed by atoms with Crippen molar-refractivity contribution < 1.29 is 9.59 Å². The van der Waals surface area contributed by atoms with E-state index >= 15 is 0 Å². The molecule has 108 valence electrons. The SMILES string of the molecule is CC(=O)c1ccc(NC(=O)C2CCc3nc[nH]c3C2)cc1. The van der Waals surface area contributed by atoms with Crippen LogP contribution in [0.3, 0.4) is 0 Å². The number of ketones is 1. The summed E-state index contributed by atoms with van der Waals surface area (Å²) in [5.41, 5.74) is 3.51. The summed E-state index contributed by atoms with van der Waals surface area (Å²) in [6.45, 7) is 1.53. The zero-order valence-corrected chi connectivity index (χ0v) is 11.8. The number of H-pyrrole nitrogens is 1. The number of amides is 1. The predicted molar refractivity (Wildman–Crippen MR) is 79.2 cm³/mol. The van der Waals surface area contributed by atoms with E-state index in [9.17, 15) is 9.59 Å². The van der Waals surface area contributed by atoms with E-state index in [2.05, 4.69) is 15.3 Å². The largest absolute Gasteiger partial charge is 0.348 e. The smallest absolute Gasteiger partial charge is 0.227 e. The van der Waals surface area contributed by atoms with E-state index in [0.29, 0.717) is 12.0 Å². The average molecular weight is 283 g/mol. The number of aryl methyl sites for hydroxylation is 1. The molecule has 1 aromatic heterocycles. The Morgan fingerprint density at radius 2 is 2.05 bits per heavy atom. The topological polar surface area (TPSA) is 74.8 Å². The van der Waals surface area contributed by atoms with Gasteiger partial charge in [-0.15, -0.1) is 0 Å². The minimum absolute atomic E-state index is 0.0193. The lowest BCUT2D eigenvalue weighted by atomic mass is 9.89. The molecule has 1 aliphatic rings. The molecule has 0 saturated carbocycles. The number of Topliss-reactive ketones (excluding diaryl/α,β-unsaturated/α-hetero) is 1. The average Bonchev–Trinajstić information content (AvgIpc) is 2.95. The first-order valence-corrected chi connectivity index (χ1v) is 7.06. The molecule has 1 atom stereocenters. The van der Waals surface area contributed by atoms with Gasteiger partial charge in [-0.25, -0.2) is 4.98 Å². The van der Waals surface area contributed by atoms with Gasteiger partial charge < -0.3 is 10.3 Å². The van der Waals surface area contributed by atoms with Gasteiger partial charge in [0.2, 0.25) is 5.91 Å². The van der Waals surface area contributed by atoms with E-state index in [1.807, 2.05) is 0 Å². The summed E-state index contributed by atoms with van der Waals surface area (Å²) in [7, 11) is 0. The second-order valence-corrected chi connectivity index (χ2v) is 5.39.